The summed E-state index contributed by atoms with van der Waals surface area (Å²) in [6, 6.07) is 5.12. The van der Waals surface area contributed by atoms with Gasteiger partial charge in [0.25, 0.3) is 5.91 Å². The highest BCUT2D eigenvalue weighted by molar-refractivity contribution is 7.15. The molecule has 35 heavy (non-hydrogen) atoms. The lowest BCUT2D eigenvalue weighted by molar-refractivity contribution is -0.0926. The quantitative estimate of drug-likeness (QED) is 0.429. The normalized spacial score (nSPS) is 17.1. The van der Waals surface area contributed by atoms with E-state index in [0.717, 1.165) is 34.4 Å². The number of halogens is 3. The molecule has 1 amide bonds. The zero-order valence-corrected chi connectivity index (χ0v) is 20.3. The summed E-state index contributed by atoms with van der Waals surface area (Å²) in [5.74, 6) is 0.352. The fourth-order valence-corrected chi connectivity index (χ4v) is 4.13. The number of nitrogens with two attached hydrogens (primary N) is 2. The molecule has 1 aromatic heterocycles. The van der Waals surface area contributed by atoms with Crippen LogP contribution in [0.3, 0.4) is 0 Å². The van der Waals surface area contributed by atoms with E-state index in [1.165, 1.54) is 11.3 Å². The molecule has 1 saturated heterocycles. The van der Waals surface area contributed by atoms with Crippen LogP contribution in [0.2, 0.25) is 0 Å². The lowest BCUT2D eigenvalue weighted by Crippen LogP contribution is -2.28. The molecule has 1 unspecified atom stereocenters. The Kier molecular flexibility index (Phi) is 8.79. The first-order valence-corrected chi connectivity index (χ1v) is 12.0. The Labute approximate surface area is 206 Å². The van der Waals surface area contributed by atoms with E-state index in [0.29, 0.717) is 36.5 Å². The fourth-order valence-electron chi connectivity index (χ4n) is 3.22. The summed E-state index contributed by atoms with van der Waals surface area (Å²) < 4.78 is 49.0. The maximum Gasteiger partial charge on any atom is 0.430 e. The monoisotopic (exact) mass is 510 g/mol. The lowest BCUT2D eigenvalue weighted by Gasteiger charge is -2.14. The summed E-state index contributed by atoms with van der Waals surface area (Å²) in [5, 5.41) is 3.35. The van der Waals surface area contributed by atoms with Crippen LogP contribution < -0.4 is 21.5 Å². The molecule has 190 valence electrons. The number of carbonyl (C=O) groups excluding carboxylic acids is 1. The Balaban J connectivity index is 1.77. The number of carbonyl (C=O) groups is 1. The molecule has 0 spiro atoms. The van der Waals surface area contributed by atoms with Gasteiger partial charge in [-0.15, -0.1) is 11.3 Å². The van der Waals surface area contributed by atoms with Gasteiger partial charge in [0.05, 0.1) is 12.6 Å². The van der Waals surface area contributed by atoms with Crippen molar-refractivity contribution in [3.05, 3.63) is 58.4 Å². The number of alkyl halides is 3. The molecule has 1 aliphatic rings. The number of hydrogen-bond acceptors (Lipinski definition) is 7. The number of allylic oxidation sites excluding steroid dienone is 3. The molecule has 0 aliphatic carbocycles. The minimum atomic E-state index is -4.65. The number of amides is 1. The Morgan fingerprint density at radius 1 is 1.31 bits per heavy atom. The number of benzene rings is 1. The molecule has 0 radical (unpaired) electrons. The number of thiazole rings is 1. The molecule has 11 heteroatoms. The molecular formula is C24H29F3N4O3S. The molecule has 0 saturated carbocycles. The number of hydrogen-bond donors (Lipinski definition) is 3. The van der Waals surface area contributed by atoms with Crippen molar-refractivity contribution in [2.45, 2.75) is 44.9 Å². The van der Waals surface area contributed by atoms with Crippen molar-refractivity contribution >= 4 is 17.2 Å². The predicted octanol–water partition coefficient (Wildman–Crippen LogP) is 4.47. The number of nitrogens with zero attached hydrogens (tertiary/aromatic N) is 1. The van der Waals surface area contributed by atoms with Crippen molar-refractivity contribution in [1.82, 2.24) is 10.3 Å². The van der Waals surface area contributed by atoms with Crippen molar-refractivity contribution in [3.8, 4) is 16.3 Å². The van der Waals surface area contributed by atoms with Gasteiger partial charge in [0.2, 0.25) is 0 Å². The first-order valence-electron chi connectivity index (χ1n) is 11.2. The Morgan fingerprint density at radius 3 is 2.71 bits per heavy atom. The highest BCUT2D eigenvalue weighted by atomic mass is 32.1. The minimum absolute atomic E-state index is 0.00506. The average molecular weight is 511 g/mol. The SMILES string of the molecule is CC(C)c1cnc(-c2cc(OCC3CCCO3)cc(C(=O)NC/C(N)=C/C=C(\N)C(F)(F)F)c2)s1. The second kappa shape index (κ2) is 11.6. The third-order valence-corrected chi connectivity index (χ3v) is 6.57. The first kappa shape index (κ1) is 26.6. The van der Waals surface area contributed by atoms with Gasteiger partial charge in [-0.1, -0.05) is 13.8 Å². The van der Waals surface area contributed by atoms with E-state index in [1.807, 2.05) is 12.3 Å². The molecule has 1 aromatic carbocycles. The average Bonchev–Trinajstić information content (AvgIpc) is 3.51. The van der Waals surface area contributed by atoms with E-state index in [1.54, 1.807) is 12.1 Å². The fraction of sp³-hybridized carbons (Fsp3) is 0.417. The van der Waals surface area contributed by atoms with Crippen LogP contribution in [0.5, 0.6) is 5.75 Å². The van der Waals surface area contributed by atoms with E-state index >= 15 is 0 Å². The summed E-state index contributed by atoms with van der Waals surface area (Å²) >= 11 is 1.53. The molecule has 1 aliphatic heterocycles. The summed E-state index contributed by atoms with van der Waals surface area (Å²) in [7, 11) is 0. The van der Waals surface area contributed by atoms with Crippen LogP contribution >= 0.6 is 11.3 Å². The van der Waals surface area contributed by atoms with E-state index in [4.69, 9.17) is 20.9 Å². The van der Waals surface area contributed by atoms with Gasteiger partial charge in [0.15, 0.2) is 0 Å². The molecule has 3 rings (SSSR count). The Hall–Kier alpha value is -3.05. The van der Waals surface area contributed by atoms with Crippen LogP contribution in [0.25, 0.3) is 10.6 Å². The number of rotatable bonds is 9. The van der Waals surface area contributed by atoms with Gasteiger partial charge in [-0.05, 0) is 49.1 Å². The van der Waals surface area contributed by atoms with E-state index < -0.39 is 17.8 Å². The van der Waals surface area contributed by atoms with Crippen molar-refractivity contribution in [2.75, 3.05) is 19.8 Å². The Morgan fingerprint density at radius 2 is 2.09 bits per heavy atom. The topological polar surface area (TPSA) is 112 Å². The van der Waals surface area contributed by atoms with Gasteiger partial charge in [-0.2, -0.15) is 13.2 Å². The van der Waals surface area contributed by atoms with Crippen molar-refractivity contribution in [3.63, 3.8) is 0 Å². The van der Waals surface area contributed by atoms with E-state index in [-0.39, 0.29) is 18.3 Å². The van der Waals surface area contributed by atoms with Gasteiger partial charge >= 0.3 is 6.18 Å². The van der Waals surface area contributed by atoms with Gasteiger partial charge in [-0.3, -0.25) is 4.79 Å². The second-order valence-corrected chi connectivity index (χ2v) is 9.52. The summed E-state index contributed by atoms with van der Waals surface area (Å²) in [4.78, 5) is 18.4. The van der Waals surface area contributed by atoms with Crippen molar-refractivity contribution in [2.24, 2.45) is 11.5 Å². The van der Waals surface area contributed by atoms with Gasteiger partial charge < -0.3 is 26.3 Å². The minimum Gasteiger partial charge on any atom is -0.491 e. The van der Waals surface area contributed by atoms with Gasteiger partial charge in [0, 0.05) is 34.5 Å². The van der Waals surface area contributed by atoms with Crippen molar-refractivity contribution < 1.29 is 27.4 Å². The highest BCUT2D eigenvalue weighted by Crippen LogP contribution is 2.32. The van der Waals surface area contributed by atoms with E-state index in [9.17, 15) is 18.0 Å². The summed E-state index contributed by atoms with van der Waals surface area (Å²) in [6.45, 7) is 5.06. The molecule has 1 fully saturated rings. The zero-order valence-electron chi connectivity index (χ0n) is 19.5. The molecule has 7 nitrogen and oxygen atoms in total. The molecule has 2 heterocycles. The van der Waals surface area contributed by atoms with Crippen LogP contribution in [0, 0.1) is 0 Å². The molecule has 0 bridgehead atoms. The smallest absolute Gasteiger partial charge is 0.430 e. The number of nitrogens with one attached hydrogen (secondary N) is 1. The van der Waals surface area contributed by atoms with Crippen LogP contribution in [0.15, 0.2) is 47.9 Å². The van der Waals surface area contributed by atoms with Crippen LogP contribution in [0.4, 0.5) is 13.2 Å². The largest absolute Gasteiger partial charge is 0.491 e. The molecule has 1 atom stereocenters. The van der Waals surface area contributed by atoms with Crippen LogP contribution in [-0.2, 0) is 4.74 Å². The third-order valence-electron chi connectivity index (χ3n) is 5.23. The van der Waals surface area contributed by atoms with Crippen LogP contribution in [-0.4, -0.2) is 42.9 Å². The highest BCUT2D eigenvalue weighted by Gasteiger charge is 2.30. The summed E-state index contributed by atoms with van der Waals surface area (Å²) in [6.07, 6.45) is 0.743. The summed E-state index contributed by atoms with van der Waals surface area (Å²) in [5.41, 5.74) is 10.4. The van der Waals surface area contributed by atoms with Gasteiger partial charge in [0.1, 0.15) is 23.1 Å². The zero-order chi connectivity index (χ0) is 25.6. The molecule has 5 N–H and O–H groups in total. The Bertz CT molecular complexity index is 1090. The first-order chi connectivity index (χ1) is 16.5. The van der Waals surface area contributed by atoms with Crippen LogP contribution in [0.1, 0.15) is 47.8 Å². The second-order valence-electron chi connectivity index (χ2n) is 8.46. The van der Waals surface area contributed by atoms with Gasteiger partial charge in [-0.25, -0.2) is 4.98 Å². The maximum absolute atomic E-state index is 12.8. The lowest BCUT2D eigenvalue weighted by atomic mass is 10.1. The number of ether oxygens (including phenoxy) is 2. The van der Waals surface area contributed by atoms with Crippen molar-refractivity contribution in [1.29, 1.82) is 0 Å². The molecule has 2 aromatic rings. The maximum atomic E-state index is 12.8. The van der Waals surface area contributed by atoms with E-state index in [2.05, 4.69) is 24.1 Å². The standard InChI is InChI=1S/C24H29F3N4O3S/c1-14(2)20-12-31-23(35-20)16-8-15(9-19(10-16)34-13-18-4-3-7-33-18)22(32)30-11-17(28)5-6-21(29)24(25,26)27/h5-6,8-10,12,14,18H,3-4,7,11,13,28-29H2,1-2H3,(H,30,32)/b17-5-,21-6-. The number of aromatic nitrogens is 1. The molecular weight excluding hydrogens is 481 g/mol. The third kappa shape index (κ3) is 7.72. The predicted molar refractivity (Wildman–Crippen MR) is 129 cm³/mol.